The first kappa shape index (κ1) is 14.5. The van der Waals surface area contributed by atoms with Gasteiger partial charge in [0.25, 0.3) is 0 Å². The van der Waals surface area contributed by atoms with E-state index in [0.717, 1.165) is 11.3 Å². The summed E-state index contributed by atoms with van der Waals surface area (Å²) in [5.41, 5.74) is 3.74. The topological polar surface area (TPSA) is 72.2 Å². The van der Waals surface area contributed by atoms with Gasteiger partial charge in [-0.2, -0.15) is 9.61 Å². The quantitative estimate of drug-likeness (QED) is 0.745. The summed E-state index contributed by atoms with van der Waals surface area (Å²) in [4.78, 5) is 11.4. The van der Waals surface area contributed by atoms with Crippen molar-refractivity contribution in [3.63, 3.8) is 0 Å². The van der Waals surface area contributed by atoms with Crippen LogP contribution >= 0.6 is 11.8 Å². The van der Waals surface area contributed by atoms with E-state index in [2.05, 4.69) is 32.7 Å². The van der Waals surface area contributed by atoms with Gasteiger partial charge < -0.3 is 5.32 Å². The van der Waals surface area contributed by atoms with E-state index in [0.29, 0.717) is 10.8 Å². The van der Waals surface area contributed by atoms with Crippen molar-refractivity contribution in [3.05, 3.63) is 42.0 Å². The highest BCUT2D eigenvalue weighted by Crippen LogP contribution is 2.20. The second-order valence-corrected chi connectivity index (χ2v) is 5.74. The van der Waals surface area contributed by atoms with E-state index < -0.39 is 0 Å². The van der Waals surface area contributed by atoms with Crippen molar-refractivity contribution in [3.8, 4) is 11.3 Å². The van der Waals surface area contributed by atoms with E-state index >= 15 is 0 Å². The Morgan fingerprint density at radius 2 is 1.95 bits per heavy atom. The molecule has 1 aromatic carbocycles. The standard InChI is InChI=1S/C15H15N5OS/c1-10-3-5-11(6-4-10)12-7-8-13-17-18-15(20(13)19-12)22-9-14(21)16-2/h3-8H,9H2,1-2H3,(H,16,21). The Bertz CT molecular complexity index is 812. The molecule has 3 aromatic rings. The molecule has 22 heavy (non-hydrogen) atoms. The summed E-state index contributed by atoms with van der Waals surface area (Å²) < 4.78 is 1.67. The van der Waals surface area contributed by atoms with E-state index in [1.54, 1.807) is 11.6 Å². The molecule has 2 aromatic heterocycles. The Morgan fingerprint density at radius 1 is 1.18 bits per heavy atom. The predicted molar refractivity (Wildman–Crippen MR) is 85.7 cm³/mol. The second kappa shape index (κ2) is 6.15. The Morgan fingerprint density at radius 3 is 2.68 bits per heavy atom. The first-order chi connectivity index (χ1) is 10.7. The summed E-state index contributed by atoms with van der Waals surface area (Å²) in [6.45, 7) is 2.05. The number of hydrogen-bond acceptors (Lipinski definition) is 5. The Kier molecular flexibility index (Phi) is 4.06. The largest absolute Gasteiger partial charge is 0.358 e. The van der Waals surface area contributed by atoms with Gasteiger partial charge >= 0.3 is 0 Å². The molecule has 0 bridgehead atoms. The molecule has 0 aliphatic heterocycles. The minimum atomic E-state index is -0.0589. The summed E-state index contributed by atoms with van der Waals surface area (Å²) in [7, 11) is 1.61. The van der Waals surface area contributed by atoms with Crippen molar-refractivity contribution >= 4 is 23.3 Å². The second-order valence-electron chi connectivity index (χ2n) is 4.80. The van der Waals surface area contributed by atoms with Gasteiger partial charge in [0.2, 0.25) is 11.1 Å². The first-order valence-corrected chi connectivity index (χ1v) is 7.79. The molecule has 1 N–H and O–H groups in total. The van der Waals surface area contributed by atoms with Crippen LogP contribution in [0.4, 0.5) is 0 Å². The molecule has 0 saturated heterocycles. The molecule has 0 fully saturated rings. The highest BCUT2D eigenvalue weighted by Gasteiger charge is 2.10. The highest BCUT2D eigenvalue weighted by molar-refractivity contribution is 7.99. The predicted octanol–water partition coefficient (Wildman–Crippen LogP) is 1.94. The van der Waals surface area contributed by atoms with Gasteiger partial charge in [0.05, 0.1) is 11.4 Å². The summed E-state index contributed by atoms with van der Waals surface area (Å²) in [5.74, 6) is 0.227. The first-order valence-electron chi connectivity index (χ1n) is 6.80. The summed E-state index contributed by atoms with van der Waals surface area (Å²) in [6, 6.07) is 12.0. The van der Waals surface area contributed by atoms with Crippen LogP contribution in [0.5, 0.6) is 0 Å². The number of carbonyl (C=O) groups is 1. The fraction of sp³-hybridized carbons (Fsp3) is 0.200. The molecule has 6 nitrogen and oxygen atoms in total. The number of carbonyl (C=O) groups excluding carboxylic acids is 1. The third-order valence-electron chi connectivity index (χ3n) is 3.19. The van der Waals surface area contributed by atoms with Gasteiger partial charge in [0.15, 0.2) is 5.65 Å². The van der Waals surface area contributed by atoms with Crippen LogP contribution in [0.3, 0.4) is 0 Å². The molecule has 0 spiro atoms. The fourth-order valence-electron chi connectivity index (χ4n) is 1.94. The van der Waals surface area contributed by atoms with Crippen LogP contribution in [-0.4, -0.2) is 38.5 Å². The van der Waals surface area contributed by atoms with Crippen LogP contribution in [-0.2, 0) is 4.79 Å². The summed E-state index contributed by atoms with van der Waals surface area (Å²) in [5, 5.41) is 15.9. The molecule has 0 aliphatic carbocycles. The van der Waals surface area contributed by atoms with E-state index in [4.69, 9.17) is 0 Å². The number of rotatable bonds is 4. The molecule has 0 aliphatic rings. The summed E-state index contributed by atoms with van der Waals surface area (Å²) >= 11 is 1.31. The lowest BCUT2D eigenvalue weighted by Crippen LogP contribution is -2.19. The van der Waals surface area contributed by atoms with Crippen LogP contribution in [0.2, 0.25) is 0 Å². The number of nitrogens with one attached hydrogen (secondary N) is 1. The molecule has 0 atom stereocenters. The van der Waals surface area contributed by atoms with Crippen LogP contribution in [0.15, 0.2) is 41.6 Å². The van der Waals surface area contributed by atoms with Crippen molar-refractivity contribution in [2.45, 2.75) is 12.1 Å². The number of benzene rings is 1. The number of aromatic nitrogens is 4. The van der Waals surface area contributed by atoms with Gasteiger partial charge in [-0.25, -0.2) is 0 Å². The molecule has 0 radical (unpaired) electrons. The normalized spacial score (nSPS) is 10.8. The molecule has 3 rings (SSSR count). The Balaban J connectivity index is 1.94. The number of nitrogens with zero attached hydrogens (tertiary/aromatic N) is 4. The Hall–Kier alpha value is -2.41. The van der Waals surface area contributed by atoms with Crippen LogP contribution < -0.4 is 5.32 Å². The monoisotopic (exact) mass is 313 g/mol. The zero-order chi connectivity index (χ0) is 15.5. The SMILES string of the molecule is CNC(=O)CSc1nnc2ccc(-c3ccc(C)cc3)nn12. The molecular weight excluding hydrogens is 298 g/mol. The smallest absolute Gasteiger partial charge is 0.230 e. The number of hydrogen-bond donors (Lipinski definition) is 1. The van der Waals surface area contributed by atoms with Crippen LogP contribution in [0.1, 0.15) is 5.56 Å². The number of amides is 1. The maximum absolute atomic E-state index is 11.4. The van der Waals surface area contributed by atoms with Gasteiger partial charge in [-0.15, -0.1) is 10.2 Å². The van der Waals surface area contributed by atoms with Gasteiger partial charge in [-0.1, -0.05) is 41.6 Å². The van der Waals surface area contributed by atoms with Crippen molar-refractivity contribution in [2.75, 3.05) is 12.8 Å². The minimum Gasteiger partial charge on any atom is -0.358 e. The number of thioether (sulfide) groups is 1. The number of aryl methyl sites for hydroxylation is 1. The molecule has 0 unspecified atom stereocenters. The van der Waals surface area contributed by atoms with E-state index in [9.17, 15) is 4.79 Å². The average Bonchev–Trinajstić information content (AvgIpc) is 2.95. The van der Waals surface area contributed by atoms with Crippen molar-refractivity contribution < 1.29 is 4.79 Å². The molecule has 0 saturated carbocycles. The van der Waals surface area contributed by atoms with E-state index in [-0.39, 0.29) is 11.7 Å². The summed E-state index contributed by atoms with van der Waals surface area (Å²) in [6.07, 6.45) is 0. The third kappa shape index (κ3) is 2.94. The van der Waals surface area contributed by atoms with Crippen molar-refractivity contribution in [1.82, 2.24) is 25.1 Å². The van der Waals surface area contributed by atoms with Gasteiger partial charge in [0, 0.05) is 12.6 Å². The van der Waals surface area contributed by atoms with E-state index in [1.807, 2.05) is 31.2 Å². The minimum absolute atomic E-state index is 0.0589. The fourth-order valence-corrected chi connectivity index (χ4v) is 2.70. The van der Waals surface area contributed by atoms with E-state index in [1.165, 1.54) is 17.3 Å². The third-order valence-corrected chi connectivity index (χ3v) is 4.11. The van der Waals surface area contributed by atoms with Crippen LogP contribution in [0, 0.1) is 6.92 Å². The molecular formula is C15H15N5OS. The Labute approximate surface area is 131 Å². The molecule has 112 valence electrons. The van der Waals surface area contributed by atoms with Gasteiger partial charge in [-0.05, 0) is 19.1 Å². The van der Waals surface area contributed by atoms with Crippen molar-refractivity contribution in [1.29, 1.82) is 0 Å². The molecule has 2 heterocycles. The maximum atomic E-state index is 11.4. The average molecular weight is 313 g/mol. The number of fused-ring (bicyclic) bond motifs is 1. The highest BCUT2D eigenvalue weighted by atomic mass is 32.2. The lowest BCUT2D eigenvalue weighted by atomic mass is 10.1. The lowest BCUT2D eigenvalue weighted by Gasteiger charge is -2.03. The van der Waals surface area contributed by atoms with Crippen LogP contribution in [0.25, 0.3) is 16.9 Å². The van der Waals surface area contributed by atoms with Gasteiger partial charge in [-0.3, -0.25) is 4.79 Å². The van der Waals surface area contributed by atoms with Crippen molar-refractivity contribution in [2.24, 2.45) is 0 Å². The molecule has 7 heteroatoms. The maximum Gasteiger partial charge on any atom is 0.230 e. The zero-order valence-electron chi connectivity index (χ0n) is 12.3. The zero-order valence-corrected chi connectivity index (χ0v) is 13.1. The van der Waals surface area contributed by atoms with Gasteiger partial charge in [0.1, 0.15) is 0 Å². The molecule has 1 amide bonds. The lowest BCUT2D eigenvalue weighted by molar-refractivity contribution is -0.118.